The minimum absolute atomic E-state index is 0.325. The van der Waals surface area contributed by atoms with Crippen molar-refractivity contribution >= 4 is 21.7 Å². The molecule has 2 aromatic rings. The van der Waals surface area contributed by atoms with Gasteiger partial charge in [0.05, 0.1) is 0 Å². The average Bonchev–Trinajstić information content (AvgIpc) is 2.40. The molecule has 0 aliphatic rings. The predicted molar refractivity (Wildman–Crippen MR) is 72.4 cm³/mol. The van der Waals surface area contributed by atoms with Crippen molar-refractivity contribution in [1.82, 2.24) is 0 Å². The van der Waals surface area contributed by atoms with Crippen LogP contribution in [-0.4, -0.2) is 13.9 Å². The van der Waals surface area contributed by atoms with Gasteiger partial charge in [0.15, 0.2) is 11.6 Å². The lowest BCUT2D eigenvalue weighted by Gasteiger charge is -2.11. The Kier molecular flexibility index (Phi) is 4.35. The molecule has 0 bridgehead atoms. The summed E-state index contributed by atoms with van der Waals surface area (Å²) in [5.74, 6) is -2.27. The monoisotopic (exact) mass is 354 g/mol. The largest absolute Gasteiger partial charge is 0.534 e. The van der Waals surface area contributed by atoms with Gasteiger partial charge in [-0.25, -0.2) is 4.39 Å². The second-order valence-corrected chi connectivity index (χ2v) is 6.11. The number of rotatable bonds is 3. The maximum Gasteiger partial charge on any atom is 0.534 e. The molecule has 0 unspecified atom stereocenters. The van der Waals surface area contributed by atoms with Crippen molar-refractivity contribution in [3.8, 4) is 16.9 Å². The van der Waals surface area contributed by atoms with E-state index in [1.54, 1.807) is 24.3 Å². The smallest absolute Gasteiger partial charge is 0.373 e. The molecule has 0 fully saturated rings. The number of hydrogen-bond donors (Lipinski definition) is 0. The molecule has 0 radical (unpaired) electrons. The molecular formula is C13H7ClF4O3S. The van der Waals surface area contributed by atoms with E-state index in [0.29, 0.717) is 16.1 Å². The second kappa shape index (κ2) is 5.77. The predicted octanol–water partition coefficient (Wildman–Crippen LogP) is 4.37. The molecule has 0 saturated heterocycles. The highest BCUT2D eigenvalue weighted by Crippen LogP contribution is 2.31. The van der Waals surface area contributed by atoms with Crippen LogP contribution in [-0.2, 0) is 10.1 Å². The van der Waals surface area contributed by atoms with Gasteiger partial charge in [0.1, 0.15) is 0 Å². The Labute approximate surface area is 128 Å². The lowest BCUT2D eigenvalue weighted by atomic mass is 10.1. The van der Waals surface area contributed by atoms with Gasteiger partial charge in [-0.2, -0.15) is 21.6 Å². The van der Waals surface area contributed by atoms with Gasteiger partial charge < -0.3 is 4.18 Å². The fourth-order valence-electron chi connectivity index (χ4n) is 1.56. The van der Waals surface area contributed by atoms with Crippen molar-refractivity contribution in [1.29, 1.82) is 0 Å². The molecule has 2 rings (SSSR count). The van der Waals surface area contributed by atoms with Gasteiger partial charge in [-0.15, -0.1) is 0 Å². The molecular weight excluding hydrogens is 348 g/mol. The van der Waals surface area contributed by atoms with Crippen LogP contribution < -0.4 is 4.18 Å². The van der Waals surface area contributed by atoms with E-state index in [2.05, 4.69) is 4.18 Å². The van der Waals surface area contributed by atoms with E-state index in [1.165, 1.54) is 6.07 Å². The Bertz CT molecular complexity index is 786. The van der Waals surface area contributed by atoms with Gasteiger partial charge >= 0.3 is 15.6 Å². The maximum atomic E-state index is 13.8. The Hall–Kier alpha value is -1.80. The molecule has 0 aromatic heterocycles. The van der Waals surface area contributed by atoms with E-state index in [9.17, 15) is 26.0 Å². The first-order valence-electron chi connectivity index (χ1n) is 5.66. The summed E-state index contributed by atoms with van der Waals surface area (Å²) in [5.41, 5.74) is -4.76. The highest BCUT2D eigenvalue weighted by atomic mass is 35.5. The zero-order valence-corrected chi connectivity index (χ0v) is 12.1. The summed E-state index contributed by atoms with van der Waals surface area (Å²) in [7, 11) is -5.91. The molecule has 0 N–H and O–H groups in total. The van der Waals surface area contributed by atoms with Crippen LogP contribution in [0.1, 0.15) is 0 Å². The van der Waals surface area contributed by atoms with Gasteiger partial charge in [-0.1, -0.05) is 29.8 Å². The average molecular weight is 355 g/mol. The van der Waals surface area contributed by atoms with Crippen LogP contribution in [0, 0.1) is 5.82 Å². The van der Waals surface area contributed by atoms with E-state index in [1.807, 2.05) is 0 Å². The van der Waals surface area contributed by atoms with Crippen molar-refractivity contribution in [2.75, 3.05) is 0 Å². The Morgan fingerprint density at radius 2 is 1.50 bits per heavy atom. The van der Waals surface area contributed by atoms with Crippen molar-refractivity contribution in [2.24, 2.45) is 0 Å². The fraction of sp³-hybridized carbons (Fsp3) is 0.0769. The van der Waals surface area contributed by atoms with Crippen LogP contribution >= 0.6 is 11.6 Å². The number of hydrogen-bond acceptors (Lipinski definition) is 3. The highest BCUT2D eigenvalue weighted by molar-refractivity contribution is 7.88. The highest BCUT2D eigenvalue weighted by Gasteiger charge is 2.48. The lowest BCUT2D eigenvalue weighted by molar-refractivity contribution is -0.0500. The molecule has 0 aliphatic heterocycles. The van der Waals surface area contributed by atoms with Gasteiger partial charge in [0.2, 0.25) is 0 Å². The fourth-order valence-corrected chi connectivity index (χ4v) is 2.15. The lowest BCUT2D eigenvalue weighted by Crippen LogP contribution is -2.28. The van der Waals surface area contributed by atoms with Crippen molar-refractivity contribution < 1.29 is 30.2 Å². The van der Waals surface area contributed by atoms with Crippen molar-refractivity contribution in [3.05, 3.63) is 53.3 Å². The minimum atomic E-state index is -5.91. The first-order valence-corrected chi connectivity index (χ1v) is 7.45. The number of halogens is 5. The van der Waals surface area contributed by atoms with Crippen LogP contribution in [0.5, 0.6) is 5.75 Å². The molecule has 0 atom stereocenters. The van der Waals surface area contributed by atoms with Gasteiger partial charge in [0.25, 0.3) is 0 Å². The van der Waals surface area contributed by atoms with E-state index in [4.69, 9.17) is 11.6 Å². The normalized spacial score (nSPS) is 12.2. The van der Waals surface area contributed by atoms with Gasteiger partial charge in [-0.3, -0.25) is 0 Å². The molecule has 0 aliphatic carbocycles. The van der Waals surface area contributed by atoms with Crippen molar-refractivity contribution in [3.63, 3.8) is 0 Å². The second-order valence-electron chi connectivity index (χ2n) is 4.14. The molecule has 0 spiro atoms. The summed E-state index contributed by atoms with van der Waals surface area (Å²) < 4.78 is 75.7. The third-order valence-corrected chi connectivity index (χ3v) is 3.81. The van der Waals surface area contributed by atoms with E-state index in [0.717, 1.165) is 12.1 Å². The molecule has 0 amide bonds. The van der Waals surface area contributed by atoms with Crippen LogP contribution in [0.4, 0.5) is 17.6 Å². The Morgan fingerprint density at radius 3 is 2.00 bits per heavy atom. The van der Waals surface area contributed by atoms with E-state index < -0.39 is 27.2 Å². The summed E-state index contributed by atoms with van der Waals surface area (Å²) >= 11 is 5.70. The molecule has 9 heteroatoms. The summed E-state index contributed by atoms with van der Waals surface area (Å²) in [6, 6.07) is 9.15. The topological polar surface area (TPSA) is 43.4 Å². The Balaban J connectivity index is 2.33. The maximum absolute atomic E-state index is 13.8. The molecule has 0 heterocycles. The number of benzene rings is 2. The first kappa shape index (κ1) is 16.6. The SMILES string of the molecule is O=S(=O)(Oc1ccc(-c2ccc(Cl)cc2)cc1F)C(F)(F)F. The van der Waals surface area contributed by atoms with E-state index >= 15 is 0 Å². The zero-order valence-electron chi connectivity index (χ0n) is 10.6. The molecule has 3 nitrogen and oxygen atoms in total. The van der Waals surface area contributed by atoms with Gasteiger partial charge in [0, 0.05) is 5.02 Å². The molecule has 2 aromatic carbocycles. The molecule has 22 heavy (non-hydrogen) atoms. The number of alkyl halides is 3. The summed E-state index contributed by atoms with van der Waals surface area (Å²) in [6.07, 6.45) is 0. The standard InChI is InChI=1S/C13H7ClF4O3S/c14-10-4-1-8(2-5-10)9-3-6-12(11(15)7-9)21-22(19,20)13(16,17)18/h1-7H. The summed E-state index contributed by atoms with van der Waals surface area (Å²) in [4.78, 5) is 0. The summed E-state index contributed by atoms with van der Waals surface area (Å²) in [6.45, 7) is 0. The minimum Gasteiger partial charge on any atom is -0.373 e. The van der Waals surface area contributed by atoms with Crippen LogP contribution in [0.25, 0.3) is 11.1 Å². The van der Waals surface area contributed by atoms with E-state index in [-0.39, 0.29) is 0 Å². The third-order valence-electron chi connectivity index (χ3n) is 2.59. The van der Waals surface area contributed by atoms with Crippen LogP contribution in [0.3, 0.4) is 0 Å². The summed E-state index contributed by atoms with van der Waals surface area (Å²) in [5, 5.41) is 0.459. The Morgan fingerprint density at radius 1 is 0.955 bits per heavy atom. The molecule has 0 saturated carbocycles. The van der Waals surface area contributed by atoms with Crippen LogP contribution in [0.2, 0.25) is 5.02 Å². The molecule has 118 valence electrons. The van der Waals surface area contributed by atoms with Crippen molar-refractivity contribution in [2.45, 2.75) is 5.51 Å². The van der Waals surface area contributed by atoms with Gasteiger partial charge in [-0.05, 0) is 35.4 Å². The quantitative estimate of drug-likeness (QED) is 0.467. The first-order chi connectivity index (χ1) is 10.1. The van der Waals surface area contributed by atoms with Crippen LogP contribution in [0.15, 0.2) is 42.5 Å². The third kappa shape index (κ3) is 3.50. The zero-order chi connectivity index (χ0) is 16.5.